The molecule has 24 heavy (non-hydrogen) atoms. The Bertz CT molecular complexity index is 886. The Balaban J connectivity index is 1.53. The van der Waals surface area contributed by atoms with Crippen LogP contribution in [0, 0.1) is 0 Å². The van der Waals surface area contributed by atoms with E-state index in [4.69, 9.17) is 0 Å². The number of carbonyl (C=O) groups is 2. The number of para-hydroxylation sites is 2. The summed E-state index contributed by atoms with van der Waals surface area (Å²) >= 11 is 0. The Morgan fingerprint density at radius 3 is 2.54 bits per heavy atom. The Kier molecular flexibility index (Phi) is 4.47. The first kappa shape index (κ1) is 15.6. The molecule has 1 aromatic heterocycles. The zero-order valence-electron chi connectivity index (χ0n) is 12.9. The lowest BCUT2D eigenvalue weighted by Crippen LogP contribution is -2.41. The number of carbonyl (C=O) groups excluding carboxylic acids is 2. The second-order valence-electron chi connectivity index (χ2n) is 5.34. The van der Waals surface area contributed by atoms with Crippen LogP contribution in [0.2, 0.25) is 0 Å². The van der Waals surface area contributed by atoms with Crippen LogP contribution in [0.4, 0.5) is 0 Å². The molecular formula is C18H17N3O3. The summed E-state index contributed by atoms with van der Waals surface area (Å²) in [4.78, 5) is 23.8. The van der Waals surface area contributed by atoms with Crippen molar-refractivity contribution in [2.24, 2.45) is 0 Å². The number of rotatable bonds is 4. The van der Waals surface area contributed by atoms with Gasteiger partial charge in [0, 0.05) is 24.7 Å². The normalized spacial score (nSPS) is 10.5. The number of benzene rings is 2. The highest BCUT2D eigenvalue weighted by atomic mass is 16.3. The molecule has 0 unspecified atom stereocenters. The number of aryl methyl sites for hydroxylation is 1. The topological polar surface area (TPSA) is 83.4 Å². The number of phenols is 1. The monoisotopic (exact) mass is 323 g/mol. The lowest BCUT2D eigenvalue weighted by molar-refractivity contribution is -0.122. The van der Waals surface area contributed by atoms with Crippen molar-refractivity contribution in [3.05, 3.63) is 66.4 Å². The molecule has 2 amide bonds. The van der Waals surface area contributed by atoms with Crippen LogP contribution in [0.5, 0.6) is 5.75 Å². The fraction of sp³-hybridized carbons (Fsp3) is 0.111. The molecule has 0 saturated carbocycles. The van der Waals surface area contributed by atoms with Crippen molar-refractivity contribution in [1.82, 2.24) is 15.4 Å². The third-order valence-corrected chi connectivity index (χ3v) is 3.72. The van der Waals surface area contributed by atoms with Gasteiger partial charge in [0.25, 0.3) is 5.91 Å². The zero-order valence-corrected chi connectivity index (χ0v) is 12.9. The molecular weight excluding hydrogens is 306 g/mol. The smallest absolute Gasteiger partial charge is 0.273 e. The Morgan fingerprint density at radius 1 is 0.958 bits per heavy atom. The maximum atomic E-state index is 11.9. The average molecular weight is 323 g/mol. The number of hydrogen-bond donors (Lipinski definition) is 3. The van der Waals surface area contributed by atoms with E-state index in [0.29, 0.717) is 6.54 Å². The highest BCUT2D eigenvalue weighted by Crippen LogP contribution is 2.16. The van der Waals surface area contributed by atoms with E-state index in [-0.39, 0.29) is 23.6 Å². The summed E-state index contributed by atoms with van der Waals surface area (Å²) < 4.78 is 1.99. The molecule has 0 aliphatic rings. The molecule has 3 N–H and O–H groups in total. The molecule has 0 atom stereocenters. The number of nitrogens with zero attached hydrogens (tertiary/aromatic N) is 1. The van der Waals surface area contributed by atoms with Gasteiger partial charge in [-0.1, -0.05) is 30.3 Å². The summed E-state index contributed by atoms with van der Waals surface area (Å²) in [5, 5.41) is 10.7. The fourth-order valence-electron chi connectivity index (χ4n) is 2.48. The fourth-order valence-corrected chi connectivity index (χ4v) is 2.48. The van der Waals surface area contributed by atoms with E-state index in [1.54, 1.807) is 12.1 Å². The van der Waals surface area contributed by atoms with Gasteiger partial charge in [-0.3, -0.25) is 20.4 Å². The van der Waals surface area contributed by atoms with Crippen molar-refractivity contribution in [2.45, 2.75) is 13.0 Å². The third kappa shape index (κ3) is 3.38. The van der Waals surface area contributed by atoms with Gasteiger partial charge in [-0.25, -0.2) is 0 Å². The van der Waals surface area contributed by atoms with Gasteiger partial charge in [-0.2, -0.15) is 0 Å². The molecule has 3 aromatic rings. The number of aromatic nitrogens is 1. The van der Waals surface area contributed by atoms with Gasteiger partial charge in [-0.15, -0.1) is 0 Å². The van der Waals surface area contributed by atoms with Crippen molar-refractivity contribution in [1.29, 1.82) is 0 Å². The minimum atomic E-state index is -0.562. The van der Waals surface area contributed by atoms with E-state index in [1.165, 1.54) is 12.1 Å². The van der Waals surface area contributed by atoms with Crippen LogP contribution in [-0.2, 0) is 11.3 Å². The number of fused-ring (bicyclic) bond motifs is 1. The van der Waals surface area contributed by atoms with Crippen molar-refractivity contribution >= 4 is 22.7 Å². The van der Waals surface area contributed by atoms with Crippen LogP contribution >= 0.6 is 0 Å². The Hall–Kier alpha value is -3.28. The molecule has 6 heteroatoms. The van der Waals surface area contributed by atoms with Crippen LogP contribution in [0.1, 0.15) is 16.8 Å². The van der Waals surface area contributed by atoms with E-state index >= 15 is 0 Å². The van der Waals surface area contributed by atoms with Crippen molar-refractivity contribution in [3.8, 4) is 5.75 Å². The second-order valence-corrected chi connectivity index (χ2v) is 5.34. The minimum absolute atomic E-state index is 0.106. The summed E-state index contributed by atoms with van der Waals surface area (Å²) in [6, 6.07) is 16.1. The van der Waals surface area contributed by atoms with Gasteiger partial charge in [0.1, 0.15) is 5.75 Å². The van der Waals surface area contributed by atoms with Gasteiger partial charge in [0.2, 0.25) is 5.91 Å². The number of hydrazine groups is 1. The van der Waals surface area contributed by atoms with Crippen molar-refractivity contribution in [3.63, 3.8) is 0 Å². The largest absolute Gasteiger partial charge is 0.507 e. The number of hydrogen-bond acceptors (Lipinski definition) is 3. The van der Waals surface area contributed by atoms with Crippen LogP contribution in [0.15, 0.2) is 60.8 Å². The molecule has 3 rings (SSSR count). The molecule has 0 fully saturated rings. The molecule has 0 bridgehead atoms. The minimum Gasteiger partial charge on any atom is -0.507 e. The van der Waals surface area contributed by atoms with Gasteiger partial charge >= 0.3 is 0 Å². The van der Waals surface area contributed by atoms with Crippen LogP contribution in [0.25, 0.3) is 10.9 Å². The molecule has 6 nitrogen and oxygen atoms in total. The van der Waals surface area contributed by atoms with Crippen molar-refractivity contribution < 1.29 is 14.7 Å². The van der Waals surface area contributed by atoms with E-state index in [2.05, 4.69) is 10.9 Å². The summed E-state index contributed by atoms with van der Waals surface area (Å²) in [5.74, 6) is -1.01. The third-order valence-electron chi connectivity index (χ3n) is 3.72. The van der Waals surface area contributed by atoms with Gasteiger partial charge < -0.3 is 9.67 Å². The Morgan fingerprint density at radius 2 is 1.71 bits per heavy atom. The molecule has 0 spiro atoms. The SMILES string of the molecule is O=C(CCn1ccc2ccccc21)NNC(=O)c1ccccc1O. The molecule has 0 aliphatic heterocycles. The summed E-state index contributed by atoms with van der Waals surface area (Å²) in [6.07, 6.45) is 2.15. The molecule has 1 heterocycles. The molecule has 122 valence electrons. The maximum absolute atomic E-state index is 11.9. The molecule has 2 aromatic carbocycles. The quantitative estimate of drug-likeness (QED) is 0.644. The number of phenolic OH excluding ortho intramolecular Hbond substituents is 1. The second kappa shape index (κ2) is 6.87. The first-order valence-corrected chi connectivity index (χ1v) is 7.56. The standard InChI is InChI=1S/C18H17N3O3/c22-16-8-4-2-6-14(16)18(24)20-19-17(23)10-12-21-11-9-13-5-1-3-7-15(13)21/h1-9,11,22H,10,12H2,(H,19,23)(H,20,24). The highest BCUT2D eigenvalue weighted by molar-refractivity contribution is 5.97. The van der Waals surface area contributed by atoms with E-state index in [0.717, 1.165) is 10.9 Å². The van der Waals surface area contributed by atoms with E-state index < -0.39 is 5.91 Å². The first-order chi connectivity index (χ1) is 11.6. The van der Waals surface area contributed by atoms with E-state index in [1.807, 2.05) is 41.1 Å². The lowest BCUT2D eigenvalue weighted by Gasteiger charge is -2.09. The summed E-state index contributed by atoms with van der Waals surface area (Å²) in [6.45, 7) is 0.506. The van der Waals surface area contributed by atoms with Crippen molar-refractivity contribution in [2.75, 3.05) is 0 Å². The van der Waals surface area contributed by atoms with E-state index in [9.17, 15) is 14.7 Å². The summed E-state index contributed by atoms with van der Waals surface area (Å²) in [5.41, 5.74) is 5.82. The van der Waals surface area contributed by atoms with Crippen LogP contribution in [-0.4, -0.2) is 21.5 Å². The zero-order chi connectivity index (χ0) is 16.9. The molecule has 0 saturated heterocycles. The van der Waals surface area contributed by atoms with Gasteiger partial charge in [-0.05, 0) is 29.7 Å². The van der Waals surface area contributed by atoms with Gasteiger partial charge in [0.15, 0.2) is 0 Å². The summed E-state index contributed by atoms with van der Waals surface area (Å²) in [7, 11) is 0. The predicted octanol–water partition coefficient (Wildman–Crippen LogP) is 2.20. The number of amides is 2. The first-order valence-electron chi connectivity index (χ1n) is 7.56. The Labute approximate surface area is 138 Å². The molecule has 0 radical (unpaired) electrons. The lowest BCUT2D eigenvalue weighted by atomic mass is 10.2. The van der Waals surface area contributed by atoms with Gasteiger partial charge in [0.05, 0.1) is 5.56 Å². The van der Waals surface area contributed by atoms with Crippen LogP contribution < -0.4 is 10.9 Å². The number of aromatic hydroxyl groups is 1. The predicted molar refractivity (Wildman–Crippen MR) is 90.3 cm³/mol. The van der Waals surface area contributed by atoms with Crippen LogP contribution in [0.3, 0.4) is 0 Å². The molecule has 0 aliphatic carbocycles. The number of nitrogens with one attached hydrogen (secondary N) is 2. The maximum Gasteiger partial charge on any atom is 0.273 e. The highest BCUT2D eigenvalue weighted by Gasteiger charge is 2.11. The average Bonchev–Trinajstić information content (AvgIpc) is 3.01.